The van der Waals surface area contributed by atoms with Gasteiger partial charge in [-0.05, 0) is 69.6 Å². The SMILES string of the molecule is CNCC(c1ccnc(NC)c1)N1CC(F)(F)CNC1=O.Cc1cc(C(C=O)NC(=O)OC(C)(C)C)ccc1F. The Morgan fingerprint density at radius 3 is 2.50 bits per heavy atom. The fourth-order valence-electron chi connectivity index (χ4n) is 3.82. The normalized spacial score (nSPS) is 16.0. The molecular weight excluding hydrogens is 529 g/mol. The Labute approximate surface area is 232 Å². The summed E-state index contributed by atoms with van der Waals surface area (Å²) in [6, 6.07) is 5.89. The number of hydrogen-bond donors (Lipinski definition) is 4. The number of ether oxygens (including phenoxy) is 1. The fraction of sp³-hybridized carbons (Fsp3) is 0.481. The molecule has 220 valence electrons. The Balaban J connectivity index is 0.000000282. The van der Waals surface area contributed by atoms with Crippen molar-refractivity contribution in [3.63, 3.8) is 0 Å². The first-order valence-electron chi connectivity index (χ1n) is 12.6. The van der Waals surface area contributed by atoms with Crippen molar-refractivity contribution in [2.24, 2.45) is 0 Å². The van der Waals surface area contributed by atoms with Gasteiger partial charge in [-0.3, -0.25) is 0 Å². The number of aromatic nitrogens is 1. The largest absolute Gasteiger partial charge is 0.444 e. The highest BCUT2D eigenvalue weighted by atomic mass is 19.3. The van der Waals surface area contributed by atoms with E-state index in [2.05, 4.69) is 26.3 Å². The van der Waals surface area contributed by atoms with Crippen LogP contribution in [0.25, 0.3) is 0 Å². The monoisotopic (exact) mass is 566 g/mol. The number of likely N-dealkylation sites (N-methyl/N-ethyl adjacent to an activating group) is 1. The zero-order chi connectivity index (χ0) is 30.1. The van der Waals surface area contributed by atoms with Crippen LogP contribution in [-0.4, -0.2) is 73.5 Å². The lowest BCUT2D eigenvalue weighted by Crippen LogP contribution is -2.58. The summed E-state index contributed by atoms with van der Waals surface area (Å²) in [5.41, 5.74) is 1.03. The number of aryl methyl sites for hydroxylation is 1. The van der Waals surface area contributed by atoms with Gasteiger partial charge in [0, 0.05) is 19.8 Å². The van der Waals surface area contributed by atoms with Gasteiger partial charge in [0.15, 0.2) is 0 Å². The number of amides is 3. The van der Waals surface area contributed by atoms with Gasteiger partial charge in [0.05, 0.1) is 19.1 Å². The van der Waals surface area contributed by atoms with Gasteiger partial charge < -0.3 is 35.7 Å². The molecule has 3 amide bonds. The predicted octanol–water partition coefficient (Wildman–Crippen LogP) is 3.94. The second-order valence-corrected chi connectivity index (χ2v) is 10.2. The fourth-order valence-corrected chi connectivity index (χ4v) is 3.82. The van der Waals surface area contributed by atoms with Gasteiger partial charge >= 0.3 is 12.1 Å². The second kappa shape index (κ2) is 14.0. The molecule has 0 radical (unpaired) electrons. The summed E-state index contributed by atoms with van der Waals surface area (Å²) in [6.07, 6.45) is 1.48. The van der Waals surface area contributed by atoms with Crippen molar-refractivity contribution in [2.75, 3.05) is 39.0 Å². The molecule has 0 saturated carbocycles. The maximum atomic E-state index is 13.6. The Kier molecular flexibility index (Phi) is 11.3. The smallest absolute Gasteiger partial charge is 0.408 e. The summed E-state index contributed by atoms with van der Waals surface area (Å²) in [7, 11) is 3.44. The molecule has 40 heavy (non-hydrogen) atoms. The molecule has 10 nitrogen and oxygen atoms in total. The number of halogens is 3. The quantitative estimate of drug-likeness (QED) is 0.357. The van der Waals surface area contributed by atoms with Gasteiger partial charge in [0.25, 0.3) is 5.92 Å². The van der Waals surface area contributed by atoms with Gasteiger partial charge in [0.1, 0.15) is 29.6 Å². The summed E-state index contributed by atoms with van der Waals surface area (Å²) in [5, 5.41) is 10.5. The summed E-state index contributed by atoms with van der Waals surface area (Å²) < 4.78 is 45.4. The number of aldehydes is 1. The number of alkyl carbamates (subject to hydrolysis) is 1. The van der Waals surface area contributed by atoms with Gasteiger partial charge in [-0.2, -0.15) is 0 Å². The number of carbonyl (C=O) groups is 3. The number of alkyl halides is 2. The zero-order valence-corrected chi connectivity index (χ0v) is 23.5. The number of carbonyl (C=O) groups excluding carboxylic acids is 3. The van der Waals surface area contributed by atoms with E-state index in [0.29, 0.717) is 29.8 Å². The van der Waals surface area contributed by atoms with E-state index >= 15 is 0 Å². The molecule has 1 fully saturated rings. The van der Waals surface area contributed by atoms with Crippen LogP contribution in [0.3, 0.4) is 0 Å². The van der Waals surface area contributed by atoms with E-state index in [1.54, 1.807) is 60.1 Å². The Morgan fingerprint density at radius 2 is 1.93 bits per heavy atom. The number of benzene rings is 1. The average molecular weight is 567 g/mol. The Hall–Kier alpha value is -3.87. The van der Waals surface area contributed by atoms with Gasteiger partial charge in [-0.25, -0.2) is 27.7 Å². The lowest BCUT2D eigenvalue weighted by atomic mass is 10.0. The number of pyridine rings is 1. The van der Waals surface area contributed by atoms with Crippen molar-refractivity contribution in [1.82, 2.24) is 25.8 Å². The third-order valence-corrected chi connectivity index (χ3v) is 5.71. The van der Waals surface area contributed by atoms with Gasteiger partial charge in [-0.1, -0.05) is 12.1 Å². The number of nitrogens with one attached hydrogen (secondary N) is 4. The third-order valence-electron chi connectivity index (χ3n) is 5.71. The minimum atomic E-state index is -2.93. The van der Waals surface area contributed by atoms with Crippen molar-refractivity contribution in [1.29, 1.82) is 0 Å². The topological polar surface area (TPSA) is 125 Å². The van der Waals surface area contributed by atoms with Crippen molar-refractivity contribution in [2.45, 2.75) is 51.3 Å². The number of hydrogen-bond acceptors (Lipinski definition) is 7. The number of urea groups is 1. The standard InChI is InChI=1S/C14H18FNO3.C13H19F2N5O/c1-9-7-10(5-6-11(9)15)12(8-17)16-13(18)19-14(2,3)4;1-16-6-10(9-3-4-18-11(5-9)17-2)20-8-13(14,15)7-19-12(20)21/h5-8,12H,1-4H3,(H,16,18);3-5,10,16H,6-8H2,1-2H3,(H,17,18)(H,19,21). The molecule has 1 aromatic carbocycles. The van der Waals surface area contributed by atoms with E-state index in [1.807, 2.05) is 0 Å². The van der Waals surface area contributed by atoms with Crippen LogP contribution < -0.4 is 21.3 Å². The van der Waals surface area contributed by atoms with Crippen molar-refractivity contribution in [3.05, 3.63) is 59.0 Å². The molecule has 1 saturated heterocycles. The molecular formula is C27H37F3N6O4. The van der Waals surface area contributed by atoms with Crippen LogP contribution in [0.15, 0.2) is 36.5 Å². The average Bonchev–Trinajstić information content (AvgIpc) is 2.88. The first-order chi connectivity index (χ1) is 18.7. The van der Waals surface area contributed by atoms with Crippen LogP contribution in [0.1, 0.15) is 49.5 Å². The Morgan fingerprint density at radius 1 is 1.23 bits per heavy atom. The van der Waals surface area contributed by atoms with Crippen molar-refractivity contribution in [3.8, 4) is 0 Å². The minimum absolute atomic E-state index is 0.356. The summed E-state index contributed by atoms with van der Waals surface area (Å²) in [5.74, 6) is -2.66. The maximum absolute atomic E-state index is 13.6. The minimum Gasteiger partial charge on any atom is -0.444 e. The number of rotatable bonds is 8. The van der Waals surface area contributed by atoms with E-state index in [9.17, 15) is 27.6 Å². The van der Waals surface area contributed by atoms with Crippen LogP contribution in [0.5, 0.6) is 0 Å². The molecule has 2 unspecified atom stereocenters. The molecule has 3 rings (SSSR count). The molecule has 2 heterocycles. The highest BCUT2D eigenvalue weighted by Crippen LogP contribution is 2.28. The number of nitrogens with zero attached hydrogens (tertiary/aromatic N) is 2. The molecule has 0 bridgehead atoms. The molecule has 2 atom stereocenters. The van der Waals surface area contributed by atoms with Crippen LogP contribution in [0, 0.1) is 12.7 Å². The summed E-state index contributed by atoms with van der Waals surface area (Å²) in [4.78, 5) is 39.8. The highest BCUT2D eigenvalue weighted by Gasteiger charge is 2.41. The Bertz CT molecular complexity index is 1180. The molecule has 1 aromatic heterocycles. The van der Waals surface area contributed by atoms with E-state index < -0.39 is 48.8 Å². The summed E-state index contributed by atoms with van der Waals surface area (Å²) >= 11 is 0. The molecule has 13 heteroatoms. The second-order valence-electron chi connectivity index (χ2n) is 10.2. The van der Waals surface area contributed by atoms with E-state index in [1.165, 1.54) is 18.2 Å². The molecule has 2 aromatic rings. The predicted molar refractivity (Wildman–Crippen MR) is 145 cm³/mol. The van der Waals surface area contributed by atoms with Gasteiger partial charge in [-0.15, -0.1) is 0 Å². The molecule has 0 spiro atoms. The van der Waals surface area contributed by atoms with E-state index in [-0.39, 0.29) is 5.82 Å². The van der Waals surface area contributed by atoms with Gasteiger partial charge in [0.2, 0.25) is 0 Å². The summed E-state index contributed by atoms with van der Waals surface area (Å²) in [6.45, 7) is 5.93. The van der Waals surface area contributed by atoms with Crippen molar-refractivity contribution >= 4 is 24.2 Å². The number of anilines is 1. The van der Waals surface area contributed by atoms with E-state index in [4.69, 9.17) is 4.74 Å². The van der Waals surface area contributed by atoms with Crippen LogP contribution in [0.2, 0.25) is 0 Å². The lowest BCUT2D eigenvalue weighted by Gasteiger charge is -2.38. The first-order valence-corrected chi connectivity index (χ1v) is 12.6. The molecule has 4 N–H and O–H groups in total. The third kappa shape index (κ3) is 9.70. The van der Waals surface area contributed by atoms with Crippen LogP contribution in [-0.2, 0) is 9.53 Å². The lowest BCUT2D eigenvalue weighted by molar-refractivity contribution is -0.109. The van der Waals surface area contributed by atoms with Crippen LogP contribution >= 0.6 is 0 Å². The molecule has 0 aliphatic carbocycles. The maximum Gasteiger partial charge on any atom is 0.408 e. The highest BCUT2D eigenvalue weighted by molar-refractivity contribution is 5.76. The van der Waals surface area contributed by atoms with Crippen molar-refractivity contribution < 1.29 is 32.3 Å². The van der Waals surface area contributed by atoms with E-state index in [0.717, 1.165) is 10.5 Å². The molecule has 1 aliphatic rings. The zero-order valence-electron chi connectivity index (χ0n) is 23.5. The molecule has 1 aliphatic heterocycles. The first kappa shape index (κ1) is 32.3. The van der Waals surface area contributed by atoms with Crippen LogP contribution in [0.4, 0.5) is 28.6 Å².